The standard InChI is InChI=1S/C12H26O7/c1-17-7-12(6-16,8-18-2)10-19-9-11(3-13,4-14)5-15/h13-16H,3-10H2,1-2H3. The number of aliphatic hydroxyl groups excluding tert-OH is 4. The molecule has 7 heteroatoms. The van der Waals surface area contributed by atoms with Gasteiger partial charge in [0.1, 0.15) is 0 Å². The van der Waals surface area contributed by atoms with Gasteiger partial charge in [-0.2, -0.15) is 0 Å². The predicted molar refractivity (Wildman–Crippen MR) is 67.8 cm³/mol. The smallest absolute Gasteiger partial charge is 0.0634 e. The zero-order valence-corrected chi connectivity index (χ0v) is 11.7. The van der Waals surface area contributed by atoms with Crippen LogP contribution in [0.2, 0.25) is 0 Å². The average molecular weight is 282 g/mol. The Bertz CT molecular complexity index is 204. The summed E-state index contributed by atoms with van der Waals surface area (Å²) < 4.78 is 15.5. The van der Waals surface area contributed by atoms with Gasteiger partial charge in [0.25, 0.3) is 0 Å². The van der Waals surface area contributed by atoms with Crippen LogP contribution in [0, 0.1) is 10.8 Å². The highest BCUT2D eigenvalue weighted by Gasteiger charge is 2.33. The second-order valence-corrected chi connectivity index (χ2v) is 4.99. The van der Waals surface area contributed by atoms with Gasteiger partial charge in [0, 0.05) is 14.2 Å². The van der Waals surface area contributed by atoms with E-state index in [2.05, 4.69) is 0 Å². The van der Waals surface area contributed by atoms with E-state index in [0.717, 1.165) is 0 Å². The Labute approximate surface area is 113 Å². The third kappa shape index (κ3) is 5.70. The molecule has 0 atom stereocenters. The van der Waals surface area contributed by atoms with Crippen molar-refractivity contribution in [1.82, 2.24) is 0 Å². The second-order valence-electron chi connectivity index (χ2n) is 4.99. The van der Waals surface area contributed by atoms with E-state index in [9.17, 15) is 20.4 Å². The van der Waals surface area contributed by atoms with Crippen LogP contribution in [-0.4, -0.2) is 87.5 Å². The number of ether oxygens (including phenoxy) is 3. The van der Waals surface area contributed by atoms with Crippen molar-refractivity contribution >= 4 is 0 Å². The Morgan fingerprint density at radius 2 is 1.00 bits per heavy atom. The summed E-state index contributed by atoms with van der Waals surface area (Å²) in [6.07, 6.45) is 0. The fourth-order valence-electron chi connectivity index (χ4n) is 1.65. The molecular formula is C12H26O7. The van der Waals surface area contributed by atoms with Crippen molar-refractivity contribution in [1.29, 1.82) is 0 Å². The third-order valence-electron chi connectivity index (χ3n) is 3.06. The lowest BCUT2D eigenvalue weighted by atomic mass is 9.90. The summed E-state index contributed by atoms with van der Waals surface area (Å²) in [5, 5.41) is 37.0. The first kappa shape index (κ1) is 18.7. The fraction of sp³-hybridized carbons (Fsp3) is 1.00. The van der Waals surface area contributed by atoms with Gasteiger partial charge in [-0.3, -0.25) is 0 Å². The molecule has 0 aromatic carbocycles. The average Bonchev–Trinajstić information content (AvgIpc) is 2.44. The van der Waals surface area contributed by atoms with E-state index < -0.39 is 10.8 Å². The van der Waals surface area contributed by atoms with Crippen molar-refractivity contribution in [3.8, 4) is 0 Å². The van der Waals surface area contributed by atoms with Crippen molar-refractivity contribution < 1.29 is 34.6 Å². The molecule has 0 aliphatic rings. The first-order chi connectivity index (χ1) is 9.07. The normalized spacial score (nSPS) is 12.9. The molecule has 0 bridgehead atoms. The molecule has 0 saturated heterocycles. The molecule has 19 heavy (non-hydrogen) atoms. The molecular weight excluding hydrogens is 256 g/mol. The first-order valence-electron chi connectivity index (χ1n) is 6.06. The molecule has 7 nitrogen and oxygen atoms in total. The predicted octanol–water partition coefficient (Wildman–Crippen LogP) is -1.76. The van der Waals surface area contributed by atoms with Gasteiger partial charge >= 0.3 is 0 Å². The van der Waals surface area contributed by atoms with Crippen molar-refractivity contribution in [2.75, 3.05) is 67.1 Å². The minimum Gasteiger partial charge on any atom is -0.396 e. The van der Waals surface area contributed by atoms with Crippen molar-refractivity contribution in [2.45, 2.75) is 0 Å². The summed E-state index contributed by atoms with van der Waals surface area (Å²) >= 11 is 0. The topological polar surface area (TPSA) is 109 Å². The number of hydrogen-bond acceptors (Lipinski definition) is 7. The van der Waals surface area contributed by atoms with Crippen LogP contribution in [-0.2, 0) is 14.2 Å². The maximum absolute atomic E-state index is 9.45. The van der Waals surface area contributed by atoms with E-state index in [1.807, 2.05) is 0 Å². The number of methoxy groups -OCH3 is 2. The maximum Gasteiger partial charge on any atom is 0.0634 e. The molecule has 0 aromatic heterocycles. The molecule has 0 amide bonds. The first-order valence-corrected chi connectivity index (χ1v) is 6.06. The van der Waals surface area contributed by atoms with Crippen LogP contribution >= 0.6 is 0 Å². The molecule has 0 rings (SSSR count). The van der Waals surface area contributed by atoms with Crippen LogP contribution < -0.4 is 0 Å². The molecule has 0 unspecified atom stereocenters. The van der Waals surface area contributed by atoms with Crippen LogP contribution in [0.4, 0.5) is 0 Å². The highest BCUT2D eigenvalue weighted by atomic mass is 16.5. The SMILES string of the molecule is COCC(CO)(COC)COCC(CO)(CO)CO. The quantitative estimate of drug-likeness (QED) is 0.336. The van der Waals surface area contributed by atoms with Gasteiger partial charge in [0.05, 0.1) is 63.7 Å². The van der Waals surface area contributed by atoms with Gasteiger partial charge in [0.2, 0.25) is 0 Å². The zero-order chi connectivity index (χ0) is 14.8. The fourth-order valence-corrected chi connectivity index (χ4v) is 1.65. The number of aliphatic hydroxyl groups is 4. The zero-order valence-electron chi connectivity index (χ0n) is 11.7. The lowest BCUT2D eigenvalue weighted by Crippen LogP contribution is -2.44. The lowest BCUT2D eigenvalue weighted by Gasteiger charge is -2.33. The molecule has 0 saturated carbocycles. The van der Waals surface area contributed by atoms with E-state index in [-0.39, 0.29) is 52.9 Å². The summed E-state index contributed by atoms with van der Waals surface area (Å²) in [6.45, 7) is -0.733. The van der Waals surface area contributed by atoms with Crippen LogP contribution in [0.3, 0.4) is 0 Å². The molecule has 0 radical (unpaired) electrons. The van der Waals surface area contributed by atoms with Gasteiger partial charge in [0.15, 0.2) is 0 Å². The van der Waals surface area contributed by atoms with Gasteiger partial charge in [-0.25, -0.2) is 0 Å². The Morgan fingerprint density at radius 1 is 0.632 bits per heavy atom. The largest absolute Gasteiger partial charge is 0.396 e. The molecule has 116 valence electrons. The Morgan fingerprint density at radius 3 is 1.32 bits per heavy atom. The van der Waals surface area contributed by atoms with Crippen LogP contribution in [0.15, 0.2) is 0 Å². The second kappa shape index (κ2) is 9.60. The molecule has 0 aromatic rings. The minimum atomic E-state index is -1.08. The third-order valence-corrected chi connectivity index (χ3v) is 3.06. The van der Waals surface area contributed by atoms with Gasteiger partial charge < -0.3 is 34.6 Å². The highest BCUT2D eigenvalue weighted by Crippen LogP contribution is 2.21. The van der Waals surface area contributed by atoms with Crippen molar-refractivity contribution in [3.05, 3.63) is 0 Å². The van der Waals surface area contributed by atoms with E-state index in [1.54, 1.807) is 0 Å². The van der Waals surface area contributed by atoms with Crippen LogP contribution in [0.25, 0.3) is 0 Å². The monoisotopic (exact) mass is 282 g/mol. The Hall–Kier alpha value is -0.280. The Kier molecular flexibility index (Phi) is 9.46. The summed E-state index contributed by atoms with van der Waals surface area (Å²) in [5.41, 5.74) is -1.78. The van der Waals surface area contributed by atoms with Crippen molar-refractivity contribution in [3.63, 3.8) is 0 Å². The molecule has 4 N–H and O–H groups in total. The molecule has 0 aliphatic heterocycles. The molecule has 0 fully saturated rings. The highest BCUT2D eigenvalue weighted by molar-refractivity contribution is 4.80. The molecule has 0 heterocycles. The summed E-state index contributed by atoms with van der Waals surface area (Å²) in [5.74, 6) is 0. The lowest BCUT2D eigenvalue weighted by molar-refractivity contribution is -0.111. The molecule has 0 aliphatic carbocycles. The van der Waals surface area contributed by atoms with Gasteiger partial charge in [-0.1, -0.05) is 0 Å². The number of hydrogen-bond donors (Lipinski definition) is 4. The maximum atomic E-state index is 9.45. The van der Waals surface area contributed by atoms with E-state index >= 15 is 0 Å². The van der Waals surface area contributed by atoms with Gasteiger partial charge in [-0.15, -0.1) is 0 Å². The Balaban J connectivity index is 4.46. The van der Waals surface area contributed by atoms with E-state index in [0.29, 0.717) is 0 Å². The number of rotatable bonds is 12. The molecule has 0 spiro atoms. The van der Waals surface area contributed by atoms with Crippen molar-refractivity contribution in [2.24, 2.45) is 10.8 Å². The van der Waals surface area contributed by atoms with E-state index in [1.165, 1.54) is 14.2 Å². The summed E-state index contributed by atoms with van der Waals surface area (Å²) in [4.78, 5) is 0. The summed E-state index contributed by atoms with van der Waals surface area (Å²) in [7, 11) is 3.03. The minimum absolute atomic E-state index is 0.0221. The summed E-state index contributed by atoms with van der Waals surface area (Å²) in [6, 6.07) is 0. The van der Waals surface area contributed by atoms with Gasteiger partial charge in [-0.05, 0) is 0 Å². The van der Waals surface area contributed by atoms with E-state index in [4.69, 9.17) is 14.2 Å². The van der Waals surface area contributed by atoms with Crippen LogP contribution in [0.5, 0.6) is 0 Å². The van der Waals surface area contributed by atoms with Crippen LogP contribution in [0.1, 0.15) is 0 Å².